The predicted molar refractivity (Wildman–Crippen MR) is 300 cm³/mol. The second-order valence-corrected chi connectivity index (χ2v) is 19.2. The van der Waals surface area contributed by atoms with E-state index in [9.17, 15) is 0 Å². The van der Waals surface area contributed by atoms with E-state index in [1.165, 1.54) is 88.0 Å². The van der Waals surface area contributed by atoms with Gasteiger partial charge in [-0.2, -0.15) is 0 Å². The minimum atomic E-state index is 0.899. The van der Waals surface area contributed by atoms with Crippen LogP contribution in [0.3, 0.4) is 0 Å². The molecular formula is C68H40N4. The van der Waals surface area contributed by atoms with Crippen molar-refractivity contribution in [3.8, 4) is 78.0 Å². The normalized spacial score (nSPS) is 12.2. The molecule has 3 aromatic heterocycles. The lowest BCUT2D eigenvalue weighted by Gasteiger charge is -2.28. The molecule has 16 rings (SSSR count). The number of anilines is 3. The molecule has 332 valence electrons. The Morgan fingerprint density at radius 2 is 0.847 bits per heavy atom. The summed E-state index contributed by atoms with van der Waals surface area (Å²) in [6, 6.07) is 86.9. The van der Waals surface area contributed by atoms with Gasteiger partial charge in [0.15, 0.2) is 0 Å². The van der Waals surface area contributed by atoms with Crippen molar-refractivity contribution >= 4 is 77.0 Å². The van der Waals surface area contributed by atoms with Gasteiger partial charge < -0.3 is 4.90 Å². The Morgan fingerprint density at radius 1 is 0.333 bits per heavy atom. The highest BCUT2D eigenvalue weighted by molar-refractivity contribution is 6.21. The highest BCUT2D eigenvalue weighted by atomic mass is 15.1. The van der Waals surface area contributed by atoms with E-state index < -0.39 is 0 Å². The van der Waals surface area contributed by atoms with Crippen molar-refractivity contribution in [2.45, 2.75) is 0 Å². The van der Waals surface area contributed by atoms with Crippen LogP contribution in [0, 0.1) is 0 Å². The zero-order valence-corrected chi connectivity index (χ0v) is 38.9. The first-order valence-corrected chi connectivity index (χ1v) is 24.7. The van der Waals surface area contributed by atoms with Gasteiger partial charge in [-0.3, -0.25) is 4.40 Å². The van der Waals surface area contributed by atoms with Crippen molar-refractivity contribution in [2.75, 3.05) is 4.90 Å². The summed E-state index contributed by atoms with van der Waals surface area (Å²) in [6.07, 6.45) is 2.09. The standard InChI is InChI=1S/C68H40N4/c1-2-16-49-41(14-1)15-11-27-62(49)72(45-31-29-42(30-32-45)66-68-67(60-21-7-8-26-61(60)69-66)70-63-28-9-10-37-71(63)68)46-39-43(47-33-35-58-52-19-5-3-17-50(52)56-24-12-22-54(47)64(56)58)38-44(40-46)48-34-36-59-53-20-6-4-18-51(53)57-25-13-23-55(48)65(57)59/h1-40H. The van der Waals surface area contributed by atoms with Gasteiger partial charge in [-0.25, -0.2) is 9.97 Å². The first kappa shape index (κ1) is 39.2. The molecule has 11 aromatic carbocycles. The van der Waals surface area contributed by atoms with Crippen molar-refractivity contribution in [3.05, 3.63) is 243 Å². The minimum Gasteiger partial charge on any atom is -0.310 e. The molecule has 0 amide bonds. The number of rotatable bonds is 6. The van der Waals surface area contributed by atoms with E-state index in [0.717, 1.165) is 67.0 Å². The van der Waals surface area contributed by atoms with Crippen LogP contribution in [-0.4, -0.2) is 14.4 Å². The number of benzene rings is 11. The molecule has 4 nitrogen and oxygen atoms in total. The second-order valence-electron chi connectivity index (χ2n) is 19.2. The molecule has 0 N–H and O–H groups in total. The summed E-state index contributed by atoms with van der Waals surface area (Å²) >= 11 is 0. The van der Waals surface area contributed by atoms with Crippen LogP contribution >= 0.6 is 0 Å². The van der Waals surface area contributed by atoms with Crippen LogP contribution in [0.5, 0.6) is 0 Å². The third kappa shape index (κ3) is 5.57. The van der Waals surface area contributed by atoms with Gasteiger partial charge in [-0.15, -0.1) is 0 Å². The fraction of sp³-hybridized carbons (Fsp3) is 0. The Bertz CT molecular complexity index is 4420. The van der Waals surface area contributed by atoms with E-state index in [1.54, 1.807) is 0 Å². The first-order chi connectivity index (χ1) is 35.7. The van der Waals surface area contributed by atoms with Crippen LogP contribution in [0.25, 0.3) is 138 Å². The number of aromatic nitrogens is 3. The van der Waals surface area contributed by atoms with E-state index >= 15 is 0 Å². The molecule has 0 saturated carbocycles. The predicted octanol–water partition coefficient (Wildman–Crippen LogP) is 18.3. The molecule has 0 aliphatic heterocycles. The summed E-state index contributed by atoms with van der Waals surface area (Å²) in [5.74, 6) is 0. The van der Waals surface area contributed by atoms with Crippen LogP contribution in [0.15, 0.2) is 243 Å². The quantitative estimate of drug-likeness (QED) is 0.167. The average molecular weight is 913 g/mol. The maximum Gasteiger partial charge on any atom is 0.137 e. The summed E-state index contributed by atoms with van der Waals surface area (Å²) < 4.78 is 2.17. The molecule has 0 unspecified atom stereocenters. The van der Waals surface area contributed by atoms with Crippen molar-refractivity contribution < 1.29 is 0 Å². The van der Waals surface area contributed by atoms with Gasteiger partial charge in [0.1, 0.15) is 11.2 Å². The number of hydrogen-bond acceptors (Lipinski definition) is 3. The lowest BCUT2D eigenvalue weighted by molar-refractivity contribution is 1.22. The largest absolute Gasteiger partial charge is 0.310 e. The molecule has 4 heteroatoms. The minimum absolute atomic E-state index is 0.899. The van der Waals surface area contributed by atoms with E-state index in [2.05, 4.69) is 246 Å². The SMILES string of the molecule is c1ccc2c(c1)-c1cccc3c(-c4cc(-c5ccc6c7c(cccc57)-c5ccccc5-6)cc(N(c5ccc(-c6nc7ccccc7c7nc8ccccn8c67)cc5)c5cccc6ccccc56)c4)ccc-2c13. The number of pyridine rings is 2. The average Bonchev–Trinajstić information content (AvgIpc) is 4.11. The molecule has 0 fully saturated rings. The van der Waals surface area contributed by atoms with E-state index in [0.29, 0.717) is 0 Å². The Hall–Kier alpha value is -9.64. The van der Waals surface area contributed by atoms with E-state index in [4.69, 9.17) is 9.97 Å². The fourth-order valence-corrected chi connectivity index (χ4v) is 12.3. The number of fused-ring (bicyclic) bond motifs is 12. The number of nitrogens with zero attached hydrogens (tertiary/aromatic N) is 4. The third-order valence-corrected chi connectivity index (χ3v) is 15.4. The molecular weight excluding hydrogens is 873 g/mol. The van der Waals surface area contributed by atoms with Crippen molar-refractivity contribution in [3.63, 3.8) is 0 Å². The van der Waals surface area contributed by atoms with Gasteiger partial charge in [0.2, 0.25) is 0 Å². The number of para-hydroxylation sites is 1. The van der Waals surface area contributed by atoms with Gasteiger partial charge in [-0.05, 0) is 148 Å². The van der Waals surface area contributed by atoms with Crippen LogP contribution in [-0.2, 0) is 0 Å². The van der Waals surface area contributed by atoms with Gasteiger partial charge in [0.25, 0.3) is 0 Å². The molecule has 3 heterocycles. The molecule has 2 aliphatic rings. The number of imidazole rings is 1. The molecule has 0 spiro atoms. The molecule has 72 heavy (non-hydrogen) atoms. The molecule has 0 atom stereocenters. The topological polar surface area (TPSA) is 33.4 Å². The van der Waals surface area contributed by atoms with Crippen molar-refractivity contribution in [2.24, 2.45) is 0 Å². The lowest BCUT2D eigenvalue weighted by Crippen LogP contribution is -2.11. The summed E-state index contributed by atoms with van der Waals surface area (Å²) in [5.41, 5.74) is 24.0. The maximum atomic E-state index is 5.35. The lowest BCUT2D eigenvalue weighted by atomic mass is 9.89. The molecule has 0 bridgehead atoms. The summed E-state index contributed by atoms with van der Waals surface area (Å²) in [4.78, 5) is 13.0. The first-order valence-electron chi connectivity index (χ1n) is 24.7. The van der Waals surface area contributed by atoms with Crippen LogP contribution in [0.4, 0.5) is 17.1 Å². The zero-order chi connectivity index (χ0) is 47.0. The summed E-state index contributed by atoms with van der Waals surface area (Å²) in [6.45, 7) is 0. The highest BCUT2D eigenvalue weighted by Crippen LogP contribution is 2.53. The highest BCUT2D eigenvalue weighted by Gasteiger charge is 2.27. The number of hydrogen-bond donors (Lipinski definition) is 0. The molecule has 14 aromatic rings. The molecule has 2 aliphatic carbocycles. The second kappa shape index (κ2) is 14.9. The van der Waals surface area contributed by atoms with Crippen LogP contribution in [0.2, 0.25) is 0 Å². The van der Waals surface area contributed by atoms with Crippen LogP contribution in [0.1, 0.15) is 0 Å². The van der Waals surface area contributed by atoms with E-state index in [-0.39, 0.29) is 0 Å². The maximum absolute atomic E-state index is 5.35. The van der Waals surface area contributed by atoms with Gasteiger partial charge in [0.05, 0.1) is 22.4 Å². The summed E-state index contributed by atoms with van der Waals surface area (Å²) in [7, 11) is 0. The Morgan fingerprint density at radius 3 is 1.51 bits per heavy atom. The van der Waals surface area contributed by atoms with Gasteiger partial charge >= 0.3 is 0 Å². The van der Waals surface area contributed by atoms with Gasteiger partial charge in [0, 0.05) is 33.9 Å². The van der Waals surface area contributed by atoms with Gasteiger partial charge in [-0.1, -0.05) is 182 Å². The smallest absolute Gasteiger partial charge is 0.137 e. The third-order valence-electron chi connectivity index (χ3n) is 15.4. The van der Waals surface area contributed by atoms with Crippen LogP contribution < -0.4 is 4.90 Å². The van der Waals surface area contributed by atoms with Crippen molar-refractivity contribution in [1.82, 2.24) is 14.4 Å². The Balaban J connectivity index is 0.951. The Kier molecular flexibility index (Phi) is 8.14. The van der Waals surface area contributed by atoms with E-state index in [1.807, 2.05) is 6.07 Å². The summed E-state index contributed by atoms with van der Waals surface area (Å²) in [5, 5.41) is 8.54. The monoisotopic (exact) mass is 912 g/mol. The Labute approximate surface area is 415 Å². The fourth-order valence-electron chi connectivity index (χ4n) is 12.3. The zero-order valence-electron chi connectivity index (χ0n) is 38.9. The molecule has 0 radical (unpaired) electrons. The molecule has 0 saturated heterocycles. The van der Waals surface area contributed by atoms with Crippen molar-refractivity contribution in [1.29, 1.82) is 0 Å².